The average Bonchev–Trinajstić information content (AvgIpc) is 3.10. The van der Waals surface area contributed by atoms with Crippen LogP contribution in [0.5, 0.6) is 0 Å². The zero-order valence-corrected chi connectivity index (χ0v) is 19.3. The number of pyridine rings is 1. The summed E-state index contributed by atoms with van der Waals surface area (Å²) in [5.41, 5.74) is 2.44. The zero-order valence-electron chi connectivity index (χ0n) is 17.6. The van der Waals surface area contributed by atoms with Gasteiger partial charge in [0.2, 0.25) is 5.91 Å². The smallest absolute Gasteiger partial charge is 0.258 e. The predicted molar refractivity (Wildman–Crippen MR) is 127 cm³/mol. The van der Waals surface area contributed by atoms with E-state index >= 15 is 0 Å². The summed E-state index contributed by atoms with van der Waals surface area (Å²) >= 11 is 0. The van der Waals surface area contributed by atoms with E-state index in [9.17, 15) is 9.59 Å². The van der Waals surface area contributed by atoms with Crippen molar-refractivity contribution < 1.29 is 9.59 Å². The highest BCUT2D eigenvalue weighted by Gasteiger charge is 2.34. The number of fused-ring (bicyclic) bond motifs is 2. The molecule has 0 spiro atoms. The van der Waals surface area contributed by atoms with Gasteiger partial charge in [0.25, 0.3) is 5.91 Å². The summed E-state index contributed by atoms with van der Waals surface area (Å²) in [4.78, 5) is 30.4. The van der Waals surface area contributed by atoms with Gasteiger partial charge >= 0.3 is 0 Å². The SMILES string of the molecule is CN(C(=O)c1ccncc1)c1ccc(CNC(=O)CC2CC3CCC(C2)N3)cc1.Cl.Cl. The van der Waals surface area contributed by atoms with E-state index in [0.717, 1.165) is 24.1 Å². The highest BCUT2D eigenvalue weighted by molar-refractivity contribution is 6.05. The molecule has 31 heavy (non-hydrogen) atoms. The molecule has 2 aromatic rings. The fourth-order valence-corrected chi connectivity index (χ4v) is 4.52. The zero-order chi connectivity index (χ0) is 20.2. The van der Waals surface area contributed by atoms with Crippen LogP contribution in [-0.4, -0.2) is 35.9 Å². The van der Waals surface area contributed by atoms with E-state index in [1.165, 1.54) is 12.8 Å². The van der Waals surface area contributed by atoms with Gasteiger partial charge in [-0.2, -0.15) is 0 Å². The molecule has 2 bridgehead atoms. The van der Waals surface area contributed by atoms with Crippen molar-refractivity contribution in [3.05, 3.63) is 59.9 Å². The topological polar surface area (TPSA) is 74.3 Å². The Balaban J connectivity index is 0.00000171. The molecule has 2 fully saturated rings. The van der Waals surface area contributed by atoms with Crippen molar-refractivity contribution in [1.82, 2.24) is 15.6 Å². The first kappa shape index (κ1) is 25.1. The van der Waals surface area contributed by atoms with Crippen LogP contribution in [0, 0.1) is 5.92 Å². The third-order valence-electron chi connectivity index (χ3n) is 6.09. The summed E-state index contributed by atoms with van der Waals surface area (Å²) in [5, 5.41) is 6.67. The van der Waals surface area contributed by atoms with E-state index < -0.39 is 0 Å². The first-order valence-electron chi connectivity index (χ1n) is 10.4. The molecular formula is C23H30Cl2N4O2. The molecule has 2 N–H and O–H groups in total. The molecule has 2 unspecified atom stereocenters. The molecule has 2 aliphatic rings. The molecule has 168 valence electrons. The molecule has 3 heterocycles. The summed E-state index contributed by atoms with van der Waals surface area (Å²) in [6.45, 7) is 0.513. The Labute approximate surface area is 196 Å². The molecule has 0 aliphatic carbocycles. The van der Waals surface area contributed by atoms with Crippen molar-refractivity contribution in [3.8, 4) is 0 Å². The van der Waals surface area contributed by atoms with Crippen LogP contribution < -0.4 is 15.5 Å². The number of piperidine rings is 1. The van der Waals surface area contributed by atoms with Crippen LogP contribution in [0.3, 0.4) is 0 Å². The number of anilines is 1. The minimum absolute atomic E-state index is 0. The van der Waals surface area contributed by atoms with Crippen molar-refractivity contribution in [3.63, 3.8) is 0 Å². The number of aromatic nitrogens is 1. The molecule has 1 aromatic carbocycles. The molecule has 0 saturated carbocycles. The Hall–Kier alpha value is -2.15. The quantitative estimate of drug-likeness (QED) is 0.682. The molecule has 4 rings (SSSR count). The minimum Gasteiger partial charge on any atom is -0.352 e. The molecule has 2 atom stereocenters. The molecule has 2 saturated heterocycles. The summed E-state index contributed by atoms with van der Waals surface area (Å²) in [6.07, 6.45) is 8.60. The van der Waals surface area contributed by atoms with Crippen LogP contribution in [0.1, 0.15) is 48.0 Å². The second kappa shape index (κ2) is 11.5. The van der Waals surface area contributed by atoms with Gasteiger partial charge in [-0.15, -0.1) is 24.8 Å². The average molecular weight is 465 g/mol. The maximum Gasteiger partial charge on any atom is 0.258 e. The largest absolute Gasteiger partial charge is 0.352 e. The van der Waals surface area contributed by atoms with E-state index in [-0.39, 0.29) is 36.6 Å². The Morgan fingerprint density at radius 2 is 1.65 bits per heavy atom. The van der Waals surface area contributed by atoms with Crippen LogP contribution in [-0.2, 0) is 11.3 Å². The summed E-state index contributed by atoms with van der Waals surface area (Å²) < 4.78 is 0. The molecule has 8 heteroatoms. The predicted octanol–water partition coefficient (Wildman–Crippen LogP) is 3.74. The molecule has 1 aromatic heterocycles. The lowest BCUT2D eigenvalue weighted by Crippen LogP contribution is -2.39. The third kappa shape index (κ3) is 6.42. The lowest BCUT2D eigenvalue weighted by molar-refractivity contribution is -0.122. The first-order valence-corrected chi connectivity index (χ1v) is 10.4. The highest BCUT2D eigenvalue weighted by Crippen LogP contribution is 2.32. The standard InChI is InChI=1S/C23H28N4O2.2ClH/c1-27(23(29)18-8-10-24-11-9-18)21-6-2-16(3-7-21)15-25-22(28)14-17-12-19-4-5-20(13-17)26-19;;/h2-3,6-11,17,19-20,26H,4-5,12-15H2,1H3,(H,25,28);2*1H. The number of hydrogen-bond donors (Lipinski definition) is 2. The first-order chi connectivity index (χ1) is 14.1. The number of hydrogen-bond acceptors (Lipinski definition) is 4. The summed E-state index contributed by atoms with van der Waals surface area (Å²) in [5.74, 6) is 0.554. The van der Waals surface area contributed by atoms with Crippen molar-refractivity contribution in [2.45, 2.75) is 50.7 Å². The molecule has 2 aliphatic heterocycles. The Bertz CT molecular complexity index is 852. The second-order valence-corrected chi connectivity index (χ2v) is 8.22. The minimum atomic E-state index is -0.0793. The highest BCUT2D eigenvalue weighted by atomic mass is 35.5. The van der Waals surface area contributed by atoms with Crippen molar-refractivity contribution in [2.24, 2.45) is 5.92 Å². The van der Waals surface area contributed by atoms with Gasteiger partial charge in [0, 0.05) is 55.7 Å². The third-order valence-corrected chi connectivity index (χ3v) is 6.09. The van der Waals surface area contributed by atoms with Crippen molar-refractivity contribution in [1.29, 1.82) is 0 Å². The Morgan fingerprint density at radius 1 is 1.03 bits per heavy atom. The molecule has 0 radical (unpaired) electrons. The van der Waals surface area contributed by atoms with E-state index in [1.807, 2.05) is 24.3 Å². The number of benzene rings is 1. The van der Waals surface area contributed by atoms with Crippen molar-refractivity contribution in [2.75, 3.05) is 11.9 Å². The fraction of sp³-hybridized carbons (Fsp3) is 0.435. The van der Waals surface area contributed by atoms with Crippen LogP contribution in [0.25, 0.3) is 0 Å². The number of nitrogens with one attached hydrogen (secondary N) is 2. The number of amides is 2. The number of halogens is 2. The molecule has 2 amide bonds. The van der Waals surface area contributed by atoms with E-state index in [0.29, 0.717) is 36.5 Å². The van der Waals surface area contributed by atoms with E-state index in [2.05, 4.69) is 15.6 Å². The van der Waals surface area contributed by atoms with Gasteiger partial charge in [0.05, 0.1) is 0 Å². The number of carbonyl (C=O) groups excluding carboxylic acids is 2. The van der Waals surface area contributed by atoms with Crippen LogP contribution >= 0.6 is 24.8 Å². The van der Waals surface area contributed by atoms with Gasteiger partial charge < -0.3 is 15.5 Å². The van der Waals surface area contributed by atoms with Gasteiger partial charge in [-0.1, -0.05) is 12.1 Å². The Morgan fingerprint density at radius 3 is 2.26 bits per heavy atom. The summed E-state index contributed by atoms with van der Waals surface area (Å²) in [7, 11) is 1.76. The molecule has 6 nitrogen and oxygen atoms in total. The van der Waals surface area contributed by atoms with Gasteiger partial charge in [-0.05, 0) is 61.4 Å². The molecular weight excluding hydrogens is 435 g/mol. The van der Waals surface area contributed by atoms with Crippen LogP contribution in [0.4, 0.5) is 5.69 Å². The van der Waals surface area contributed by atoms with Gasteiger partial charge in [0.15, 0.2) is 0 Å². The van der Waals surface area contributed by atoms with Crippen molar-refractivity contribution >= 4 is 42.3 Å². The van der Waals surface area contributed by atoms with Crippen LogP contribution in [0.2, 0.25) is 0 Å². The number of rotatable bonds is 6. The second-order valence-electron chi connectivity index (χ2n) is 8.22. The monoisotopic (exact) mass is 464 g/mol. The number of nitrogens with zero attached hydrogens (tertiary/aromatic N) is 2. The van der Waals surface area contributed by atoms with E-state index in [1.54, 1.807) is 36.5 Å². The normalized spacial score (nSPS) is 21.4. The summed E-state index contributed by atoms with van der Waals surface area (Å²) in [6, 6.07) is 12.4. The van der Waals surface area contributed by atoms with Gasteiger partial charge in [-0.25, -0.2) is 0 Å². The van der Waals surface area contributed by atoms with E-state index in [4.69, 9.17) is 0 Å². The number of carbonyl (C=O) groups is 2. The van der Waals surface area contributed by atoms with Crippen LogP contribution in [0.15, 0.2) is 48.8 Å². The Kier molecular flexibility index (Phi) is 9.29. The maximum absolute atomic E-state index is 12.5. The fourth-order valence-electron chi connectivity index (χ4n) is 4.52. The maximum atomic E-state index is 12.5. The lowest BCUT2D eigenvalue weighted by Gasteiger charge is -2.28. The lowest BCUT2D eigenvalue weighted by atomic mass is 9.89. The van der Waals surface area contributed by atoms with Gasteiger partial charge in [0.1, 0.15) is 0 Å². The van der Waals surface area contributed by atoms with Gasteiger partial charge in [-0.3, -0.25) is 14.6 Å².